The standard InChI is InChI=1S/C15H16F3N3O4/c16-15(17,18)9-2-1-3-12(4-9)25-8-10-5-13(21-20-10)14(24)19-6-11(23)7-22/h1-5,11,22-23H,6-8H2,(H,19,24)(H,20,21)/t11-/m1/s1. The molecule has 2 rings (SSSR count). The topological polar surface area (TPSA) is 107 Å². The van der Waals surface area contributed by atoms with E-state index >= 15 is 0 Å². The Hall–Kier alpha value is -2.59. The average Bonchev–Trinajstić information content (AvgIpc) is 3.06. The van der Waals surface area contributed by atoms with E-state index in [1.807, 2.05) is 0 Å². The lowest BCUT2D eigenvalue weighted by Gasteiger charge is -2.09. The van der Waals surface area contributed by atoms with Crippen molar-refractivity contribution >= 4 is 5.91 Å². The molecule has 0 bridgehead atoms. The molecule has 0 radical (unpaired) electrons. The van der Waals surface area contributed by atoms with Gasteiger partial charge in [-0.1, -0.05) is 6.07 Å². The third-order valence-electron chi connectivity index (χ3n) is 3.13. The van der Waals surface area contributed by atoms with Crippen LogP contribution in [0.1, 0.15) is 21.7 Å². The van der Waals surface area contributed by atoms with Gasteiger partial charge in [-0.15, -0.1) is 0 Å². The molecule has 1 aromatic heterocycles. The van der Waals surface area contributed by atoms with Gasteiger partial charge in [0.2, 0.25) is 0 Å². The van der Waals surface area contributed by atoms with Crippen molar-refractivity contribution < 1.29 is 32.9 Å². The van der Waals surface area contributed by atoms with E-state index in [0.29, 0.717) is 5.69 Å². The number of H-pyrrole nitrogens is 1. The third-order valence-corrected chi connectivity index (χ3v) is 3.13. The number of amides is 1. The van der Waals surface area contributed by atoms with Gasteiger partial charge in [0.05, 0.1) is 24.0 Å². The van der Waals surface area contributed by atoms with Crippen LogP contribution in [-0.2, 0) is 12.8 Å². The van der Waals surface area contributed by atoms with Crippen molar-refractivity contribution in [2.75, 3.05) is 13.2 Å². The van der Waals surface area contributed by atoms with Gasteiger partial charge in [0.1, 0.15) is 18.1 Å². The highest BCUT2D eigenvalue weighted by atomic mass is 19.4. The first-order valence-electron chi connectivity index (χ1n) is 7.21. The second-order valence-electron chi connectivity index (χ2n) is 5.14. The predicted octanol–water partition coefficient (Wildman–Crippen LogP) is 1.09. The molecule has 25 heavy (non-hydrogen) atoms. The van der Waals surface area contributed by atoms with Crippen LogP contribution >= 0.6 is 0 Å². The maximum absolute atomic E-state index is 12.6. The van der Waals surface area contributed by atoms with E-state index in [1.165, 1.54) is 18.2 Å². The van der Waals surface area contributed by atoms with Crippen LogP contribution in [0.3, 0.4) is 0 Å². The van der Waals surface area contributed by atoms with Crippen molar-refractivity contribution in [2.45, 2.75) is 18.9 Å². The summed E-state index contributed by atoms with van der Waals surface area (Å²) in [4.78, 5) is 11.8. The molecule has 10 heteroatoms. The Morgan fingerprint density at radius 3 is 2.80 bits per heavy atom. The van der Waals surface area contributed by atoms with E-state index in [2.05, 4.69) is 15.5 Å². The lowest BCUT2D eigenvalue weighted by molar-refractivity contribution is -0.137. The van der Waals surface area contributed by atoms with Crippen LogP contribution in [0.5, 0.6) is 5.75 Å². The Morgan fingerprint density at radius 2 is 2.12 bits per heavy atom. The lowest BCUT2D eigenvalue weighted by atomic mass is 10.2. The molecule has 0 aliphatic carbocycles. The fourth-order valence-electron chi connectivity index (χ4n) is 1.84. The Kier molecular flexibility index (Phi) is 5.99. The zero-order valence-electron chi connectivity index (χ0n) is 12.9. The van der Waals surface area contributed by atoms with E-state index in [-0.39, 0.29) is 24.6 Å². The molecule has 1 amide bonds. The summed E-state index contributed by atoms with van der Waals surface area (Å²) >= 11 is 0. The Bertz CT molecular complexity index is 718. The van der Waals surface area contributed by atoms with Gasteiger partial charge in [-0.2, -0.15) is 18.3 Å². The van der Waals surface area contributed by atoms with Gasteiger partial charge in [0.15, 0.2) is 0 Å². The second-order valence-corrected chi connectivity index (χ2v) is 5.14. The molecule has 0 saturated carbocycles. The number of aliphatic hydroxyl groups excluding tert-OH is 2. The number of hydrogen-bond acceptors (Lipinski definition) is 5. The molecule has 0 aliphatic heterocycles. The second kappa shape index (κ2) is 7.99. The zero-order chi connectivity index (χ0) is 18.4. The molecule has 0 saturated heterocycles. The van der Waals surface area contributed by atoms with Crippen LogP contribution in [-0.4, -0.2) is 45.6 Å². The maximum atomic E-state index is 12.6. The highest BCUT2D eigenvalue weighted by Crippen LogP contribution is 2.31. The number of benzene rings is 1. The minimum atomic E-state index is -4.46. The average molecular weight is 359 g/mol. The first kappa shape index (κ1) is 18.7. The molecular formula is C15H16F3N3O4. The zero-order valence-corrected chi connectivity index (χ0v) is 12.9. The molecule has 1 aromatic carbocycles. The lowest BCUT2D eigenvalue weighted by Crippen LogP contribution is -2.34. The van der Waals surface area contributed by atoms with E-state index in [4.69, 9.17) is 14.9 Å². The SMILES string of the molecule is O=C(NC[C@@H](O)CO)c1cc(COc2cccc(C(F)(F)F)c2)[nH]n1. The van der Waals surface area contributed by atoms with Gasteiger partial charge in [-0.3, -0.25) is 9.89 Å². The molecule has 0 fully saturated rings. The number of rotatable bonds is 7. The van der Waals surface area contributed by atoms with Crippen LogP contribution in [0, 0.1) is 0 Å². The first-order valence-corrected chi connectivity index (χ1v) is 7.21. The van der Waals surface area contributed by atoms with E-state index in [1.54, 1.807) is 0 Å². The van der Waals surface area contributed by atoms with Crippen molar-refractivity contribution in [1.82, 2.24) is 15.5 Å². The number of nitrogens with one attached hydrogen (secondary N) is 2. The van der Waals surface area contributed by atoms with E-state index in [9.17, 15) is 18.0 Å². The Labute approximate surface area is 140 Å². The van der Waals surface area contributed by atoms with Gasteiger partial charge >= 0.3 is 6.18 Å². The quantitative estimate of drug-likeness (QED) is 0.592. The maximum Gasteiger partial charge on any atom is 0.416 e. The normalized spacial score (nSPS) is 12.7. The number of aliphatic hydroxyl groups is 2. The summed E-state index contributed by atoms with van der Waals surface area (Å²) in [5.41, 5.74) is -0.421. The van der Waals surface area contributed by atoms with Crippen LogP contribution in [0.25, 0.3) is 0 Å². The molecule has 4 N–H and O–H groups in total. The third kappa shape index (κ3) is 5.47. The minimum Gasteiger partial charge on any atom is -0.487 e. The van der Waals surface area contributed by atoms with E-state index in [0.717, 1.165) is 12.1 Å². The van der Waals surface area contributed by atoms with Gasteiger partial charge in [0.25, 0.3) is 5.91 Å². The van der Waals surface area contributed by atoms with Gasteiger partial charge in [0, 0.05) is 6.54 Å². The molecular weight excluding hydrogens is 343 g/mol. The molecule has 7 nitrogen and oxygen atoms in total. The molecule has 2 aromatic rings. The Morgan fingerprint density at radius 1 is 1.36 bits per heavy atom. The van der Waals surface area contributed by atoms with E-state index < -0.39 is 30.4 Å². The fraction of sp³-hybridized carbons (Fsp3) is 0.333. The number of nitrogens with zero attached hydrogens (tertiary/aromatic N) is 1. The number of carbonyl (C=O) groups excluding carboxylic acids is 1. The predicted molar refractivity (Wildman–Crippen MR) is 79.8 cm³/mol. The summed E-state index contributed by atoms with van der Waals surface area (Å²) in [5, 5.41) is 26.5. The molecule has 1 heterocycles. The summed E-state index contributed by atoms with van der Waals surface area (Å²) in [5.74, 6) is -0.546. The summed E-state index contributed by atoms with van der Waals surface area (Å²) in [6.45, 7) is -0.740. The monoisotopic (exact) mass is 359 g/mol. The fourth-order valence-corrected chi connectivity index (χ4v) is 1.84. The van der Waals surface area contributed by atoms with Gasteiger partial charge < -0.3 is 20.3 Å². The van der Waals surface area contributed by atoms with Gasteiger partial charge in [-0.05, 0) is 24.3 Å². The van der Waals surface area contributed by atoms with Crippen molar-refractivity contribution in [3.05, 3.63) is 47.3 Å². The highest BCUT2D eigenvalue weighted by molar-refractivity contribution is 5.92. The number of aromatic amines is 1. The number of carbonyl (C=O) groups is 1. The highest BCUT2D eigenvalue weighted by Gasteiger charge is 2.30. The van der Waals surface area contributed by atoms with Crippen molar-refractivity contribution in [3.8, 4) is 5.75 Å². The summed E-state index contributed by atoms with van der Waals surface area (Å²) in [6.07, 6.45) is -5.54. The first-order chi connectivity index (χ1) is 11.8. The van der Waals surface area contributed by atoms with Crippen molar-refractivity contribution in [2.24, 2.45) is 0 Å². The van der Waals surface area contributed by atoms with Crippen LogP contribution in [0.15, 0.2) is 30.3 Å². The molecule has 0 unspecified atom stereocenters. The molecule has 0 spiro atoms. The number of ether oxygens (including phenoxy) is 1. The van der Waals surface area contributed by atoms with Crippen LogP contribution < -0.4 is 10.1 Å². The number of aromatic nitrogens is 2. The number of halogens is 3. The molecule has 0 aliphatic rings. The van der Waals surface area contributed by atoms with Crippen LogP contribution in [0.2, 0.25) is 0 Å². The number of alkyl halides is 3. The largest absolute Gasteiger partial charge is 0.487 e. The molecule has 1 atom stereocenters. The van der Waals surface area contributed by atoms with Crippen molar-refractivity contribution in [1.29, 1.82) is 0 Å². The summed E-state index contributed by atoms with van der Waals surface area (Å²) < 4.78 is 43.1. The van der Waals surface area contributed by atoms with Crippen molar-refractivity contribution in [3.63, 3.8) is 0 Å². The summed E-state index contributed by atoms with van der Waals surface area (Å²) in [6, 6.07) is 5.80. The van der Waals surface area contributed by atoms with Crippen LogP contribution in [0.4, 0.5) is 13.2 Å². The van der Waals surface area contributed by atoms with Gasteiger partial charge in [-0.25, -0.2) is 0 Å². The molecule has 136 valence electrons. The number of hydrogen-bond donors (Lipinski definition) is 4. The smallest absolute Gasteiger partial charge is 0.416 e. The summed E-state index contributed by atoms with van der Waals surface area (Å²) in [7, 11) is 0. The Balaban J connectivity index is 1.92. The minimum absolute atomic E-state index is 0.0211.